The van der Waals surface area contributed by atoms with Crippen LogP contribution in [0.4, 0.5) is 0 Å². The van der Waals surface area contributed by atoms with Gasteiger partial charge in [0.05, 0.1) is 20.8 Å². The normalized spacial score (nSPS) is 12.5. The lowest BCUT2D eigenvalue weighted by Crippen LogP contribution is -2.28. The fourth-order valence-corrected chi connectivity index (χ4v) is 4.32. The Labute approximate surface area is 160 Å². The second-order valence-corrected chi connectivity index (χ2v) is 8.86. The quantitative estimate of drug-likeness (QED) is 0.539. The summed E-state index contributed by atoms with van der Waals surface area (Å²) in [6, 6.07) is 14.6. The Morgan fingerprint density at radius 3 is 2.22 bits per heavy atom. The van der Waals surface area contributed by atoms with Crippen LogP contribution in [0.25, 0.3) is 0 Å². The maximum Gasteiger partial charge on any atom is 0.279 e. The van der Waals surface area contributed by atoms with E-state index in [-0.39, 0.29) is 30.7 Å². The fraction of sp³-hybridized carbons (Fsp3) is 0.350. The van der Waals surface area contributed by atoms with Crippen LogP contribution in [0.1, 0.15) is 24.1 Å². The number of rotatable bonds is 10. The molecule has 7 heteroatoms. The van der Waals surface area contributed by atoms with Gasteiger partial charge in [-0.3, -0.25) is 4.79 Å². The zero-order valence-corrected chi connectivity index (χ0v) is 16.8. The summed E-state index contributed by atoms with van der Waals surface area (Å²) in [6.45, 7) is 1.98. The average Bonchev–Trinajstić information content (AvgIpc) is 2.65. The van der Waals surface area contributed by atoms with Crippen molar-refractivity contribution in [3.63, 3.8) is 0 Å². The number of carbonyl (C=O) groups is 1. The van der Waals surface area contributed by atoms with Gasteiger partial charge in [-0.05, 0) is 30.2 Å². The van der Waals surface area contributed by atoms with Gasteiger partial charge in [0, 0.05) is 12.1 Å². The maximum atomic E-state index is 12.2. The van der Waals surface area contributed by atoms with Crippen LogP contribution in [0.5, 0.6) is 11.5 Å². The van der Waals surface area contributed by atoms with Gasteiger partial charge in [0.1, 0.15) is 17.7 Å². The molecule has 0 radical (unpaired) electrons. The number of hydrogen-bond acceptors (Lipinski definition) is 6. The monoisotopic (exact) mass is 392 g/mol. The lowest BCUT2D eigenvalue weighted by Gasteiger charge is -2.17. The Hall–Kier alpha value is -1.98. The summed E-state index contributed by atoms with van der Waals surface area (Å²) in [5, 5.41) is 3.12. The second-order valence-electron chi connectivity index (χ2n) is 6.47. The van der Waals surface area contributed by atoms with E-state index in [9.17, 15) is 14.6 Å². The second kappa shape index (κ2) is 9.81. The van der Waals surface area contributed by atoms with Gasteiger partial charge in [0.15, 0.2) is 11.9 Å². The molecule has 0 aliphatic carbocycles. The first-order valence-corrected chi connectivity index (χ1v) is 10.7. The van der Waals surface area contributed by atoms with Crippen LogP contribution >= 0.6 is 7.72 Å². The van der Waals surface area contributed by atoms with E-state index < -0.39 is 7.72 Å². The molecule has 1 atom stereocenters. The van der Waals surface area contributed by atoms with Gasteiger partial charge in [0.25, 0.3) is 7.72 Å². The molecule has 2 aromatic carbocycles. The van der Waals surface area contributed by atoms with Crippen molar-refractivity contribution in [1.82, 2.24) is 5.32 Å². The largest absolute Gasteiger partial charge is 0.497 e. The van der Waals surface area contributed by atoms with E-state index in [0.29, 0.717) is 11.5 Å². The summed E-state index contributed by atoms with van der Waals surface area (Å²) in [5.41, 5.74) is 1.73. The number of ether oxygens (including phenoxy) is 2. The van der Waals surface area contributed by atoms with E-state index in [4.69, 9.17) is 9.47 Å². The lowest BCUT2D eigenvalue weighted by molar-refractivity contribution is -0.116. The Bertz CT molecular complexity index is 729. The van der Waals surface area contributed by atoms with Gasteiger partial charge >= 0.3 is 0 Å². The van der Waals surface area contributed by atoms with Gasteiger partial charge in [-0.2, -0.15) is 0 Å². The Kier molecular flexibility index (Phi) is 7.75. The zero-order valence-electron chi connectivity index (χ0n) is 15.9. The fourth-order valence-electron chi connectivity index (χ4n) is 2.73. The molecular weight excluding hydrogens is 365 g/mol. The Morgan fingerprint density at radius 2 is 1.67 bits per heavy atom. The summed E-state index contributed by atoms with van der Waals surface area (Å²) in [4.78, 5) is 32.7. The highest BCUT2D eigenvalue weighted by atomic mass is 31.2. The molecule has 0 aliphatic heterocycles. The average molecular weight is 392 g/mol. The van der Waals surface area contributed by atoms with E-state index >= 15 is 0 Å². The van der Waals surface area contributed by atoms with Gasteiger partial charge < -0.3 is 14.8 Å². The minimum atomic E-state index is -3.31. The third-order valence-corrected chi connectivity index (χ3v) is 5.92. The first-order valence-electron chi connectivity index (χ1n) is 8.67. The van der Waals surface area contributed by atoms with Gasteiger partial charge in [-0.1, -0.05) is 30.3 Å². The number of benzene rings is 2. The number of Topliss-reactive ketones (excluding diaryl/α,β-unsaturated/α-hetero) is 1. The highest BCUT2D eigenvalue weighted by molar-refractivity contribution is 7.64. The number of nitrogens with one attached hydrogen (secondary N) is 1. The van der Waals surface area contributed by atoms with E-state index in [1.807, 2.05) is 49.4 Å². The van der Waals surface area contributed by atoms with Crippen LogP contribution < -0.4 is 14.8 Å². The van der Waals surface area contributed by atoms with Crippen molar-refractivity contribution >= 4 is 13.5 Å². The van der Waals surface area contributed by atoms with Gasteiger partial charge in [-0.15, -0.1) is 0 Å². The SMILES string of the molecule is COc1cc(OC)cc(C(C)NCC(=O)C[P+](O)(O)Cc2ccccc2)c1. The predicted molar refractivity (Wildman–Crippen MR) is 107 cm³/mol. The molecule has 2 aromatic rings. The molecule has 0 aromatic heterocycles. The lowest BCUT2D eigenvalue weighted by atomic mass is 10.1. The molecule has 3 N–H and O–H groups in total. The number of carbonyl (C=O) groups excluding carboxylic acids is 1. The molecule has 0 aliphatic rings. The first-order chi connectivity index (χ1) is 12.8. The molecule has 0 fully saturated rings. The van der Waals surface area contributed by atoms with Crippen LogP contribution in [0, 0.1) is 0 Å². The Balaban J connectivity index is 1.91. The molecule has 0 saturated heterocycles. The minimum absolute atomic E-state index is 0.0539. The van der Waals surface area contributed by atoms with Gasteiger partial charge in [0.2, 0.25) is 0 Å². The summed E-state index contributed by atoms with van der Waals surface area (Å²) >= 11 is 0. The predicted octanol–water partition coefficient (Wildman–Crippen LogP) is 2.96. The van der Waals surface area contributed by atoms with E-state index in [1.165, 1.54) is 0 Å². The summed E-state index contributed by atoms with van der Waals surface area (Å²) in [7, 11) is -0.143. The molecule has 146 valence electrons. The van der Waals surface area contributed by atoms with Crippen molar-refractivity contribution in [2.45, 2.75) is 19.1 Å². The van der Waals surface area contributed by atoms with Gasteiger partial charge in [-0.25, -0.2) is 9.79 Å². The topological polar surface area (TPSA) is 88.0 Å². The standard InChI is InChI=1S/C20H27NO5P/c1-15(17-9-19(25-2)11-20(10-17)26-3)21-12-18(22)14-27(23,24)13-16-7-5-4-6-8-16/h4-11,15,21,23-24H,12-14H2,1-3H3/q+1. The Morgan fingerprint density at radius 1 is 1.07 bits per heavy atom. The minimum Gasteiger partial charge on any atom is -0.497 e. The van der Waals surface area contributed by atoms with Crippen LogP contribution in [-0.2, 0) is 11.0 Å². The van der Waals surface area contributed by atoms with Crippen LogP contribution in [0.2, 0.25) is 0 Å². The molecule has 0 bridgehead atoms. The summed E-state index contributed by atoms with van der Waals surface area (Å²) in [5.74, 6) is 1.11. The molecule has 6 nitrogen and oxygen atoms in total. The van der Waals surface area contributed by atoms with Crippen molar-refractivity contribution in [2.75, 3.05) is 26.9 Å². The smallest absolute Gasteiger partial charge is 0.279 e. The van der Waals surface area contributed by atoms with Crippen molar-refractivity contribution in [1.29, 1.82) is 0 Å². The van der Waals surface area contributed by atoms with Crippen molar-refractivity contribution in [3.05, 3.63) is 59.7 Å². The third-order valence-electron chi connectivity index (χ3n) is 4.19. The van der Waals surface area contributed by atoms with Crippen LogP contribution in [-0.4, -0.2) is 42.5 Å². The first kappa shape index (κ1) is 21.3. The zero-order chi connectivity index (χ0) is 19.9. The molecular formula is C20H27NO5P+. The van der Waals surface area contributed by atoms with Crippen molar-refractivity contribution in [2.24, 2.45) is 0 Å². The number of methoxy groups -OCH3 is 2. The molecule has 0 saturated carbocycles. The molecule has 27 heavy (non-hydrogen) atoms. The molecule has 0 spiro atoms. The maximum absolute atomic E-state index is 12.2. The van der Waals surface area contributed by atoms with E-state index in [2.05, 4.69) is 5.32 Å². The molecule has 1 unspecified atom stereocenters. The van der Waals surface area contributed by atoms with Crippen LogP contribution in [0.3, 0.4) is 0 Å². The number of ketones is 1. The van der Waals surface area contributed by atoms with E-state index in [1.54, 1.807) is 20.3 Å². The molecule has 2 rings (SSSR count). The molecule has 0 amide bonds. The number of hydrogen-bond donors (Lipinski definition) is 3. The van der Waals surface area contributed by atoms with Crippen molar-refractivity contribution < 1.29 is 24.1 Å². The van der Waals surface area contributed by atoms with Crippen molar-refractivity contribution in [3.8, 4) is 11.5 Å². The highest BCUT2D eigenvalue weighted by Gasteiger charge is 2.36. The third kappa shape index (κ3) is 6.92. The van der Waals surface area contributed by atoms with E-state index in [0.717, 1.165) is 11.1 Å². The highest BCUT2D eigenvalue weighted by Crippen LogP contribution is 2.52. The van der Waals surface area contributed by atoms with Crippen LogP contribution in [0.15, 0.2) is 48.5 Å². The molecule has 0 heterocycles. The summed E-state index contributed by atoms with van der Waals surface area (Å²) < 4.78 is 10.5. The summed E-state index contributed by atoms with van der Waals surface area (Å²) in [6.07, 6.45) is -0.120.